The lowest BCUT2D eigenvalue weighted by Crippen LogP contribution is -2.21. The van der Waals surface area contributed by atoms with E-state index < -0.39 is 0 Å². The summed E-state index contributed by atoms with van der Waals surface area (Å²) in [5, 5.41) is 6.61. The first-order valence-corrected chi connectivity index (χ1v) is 9.56. The summed E-state index contributed by atoms with van der Waals surface area (Å²) in [6, 6.07) is 8.47. The van der Waals surface area contributed by atoms with Crippen molar-refractivity contribution in [2.75, 3.05) is 39.0 Å². The van der Waals surface area contributed by atoms with E-state index in [2.05, 4.69) is 79.3 Å². The van der Waals surface area contributed by atoms with Crippen LogP contribution in [0.2, 0.25) is 0 Å². The largest absolute Gasteiger partial charge is 0.384 e. The number of hydrogen-bond donors (Lipinski definition) is 2. The molecule has 1 rings (SSSR count). The number of nitrogens with zero attached hydrogens (tertiary/aromatic N) is 1. The van der Waals surface area contributed by atoms with Crippen molar-refractivity contribution in [2.45, 2.75) is 41.5 Å². The Kier molecular flexibility index (Phi) is 18.0. The summed E-state index contributed by atoms with van der Waals surface area (Å²) in [6.07, 6.45) is 5.98. The summed E-state index contributed by atoms with van der Waals surface area (Å²) in [7, 11) is 4.06. The van der Waals surface area contributed by atoms with Crippen molar-refractivity contribution in [3.63, 3.8) is 0 Å². The summed E-state index contributed by atoms with van der Waals surface area (Å²) >= 11 is 0. The zero-order valence-corrected chi connectivity index (χ0v) is 18.3. The fraction of sp³-hybridized carbons (Fsp3) is 0.478. The molecule has 1 aromatic carbocycles. The van der Waals surface area contributed by atoms with Crippen LogP contribution in [0.3, 0.4) is 0 Å². The third-order valence-corrected chi connectivity index (χ3v) is 3.55. The molecule has 0 saturated carbocycles. The van der Waals surface area contributed by atoms with E-state index in [1.165, 1.54) is 22.5 Å². The lowest BCUT2D eigenvalue weighted by atomic mass is 10.2. The van der Waals surface area contributed by atoms with Crippen molar-refractivity contribution in [1.29, 1.82) is 0 Å². The number of hydrogen-bond acceptors (Lipinski definition) is 3. The number of rotatable bonds is 8. The van der Waals surface area contributed by atoms with Crippen LogP contribution < -0.4 is 10.6 Å². The minimum Gasteiger partial charge on any atom is -0.384 e. The van der Waals surface area contributed by atoms with E-state index in [1.54, 1.807) is 0 Å². The SMILES string of the molecule is C=C/C(C)=C\C=C(/C)N(C)C.CC.CCNCCNc1ccc(C)cc1. The molecule has 0 aliphatic heterocycles. The van der Waals surface area contributed by atoms with Crippen molar-refractivity contribution < 1.29 is 0 Å². The Balaban J connectivity index is 0. The topological polar surface area (TPSA) is 27.3 Å². The van der Waals surface area contributed by atoms with Crippen molar-refractivity contribution in [1.82, 2.24) is 10.2 Å². The van der Waals surface area contributed by atoms with Crippen LogP contribution in [0.15, 0.2) is 60.3 Å². The molecule has 0 atom stereocenters. The highest BCUT2D eigenvalue weighted by Crippen LogP contribution is 2.07. The molecule has 0 saturated heterocycles. The van der Waals surface area contributed by atoms with Gasteiger partial charge in [0, 0.05) is 38.6 Å². The Hall–Kier alpha value is -2.00. The molecule has 0 spiro atoms. The quantitative estimate of drug-likeness (QED) is 0.465. The molecule has 148 valence electrons. The molecule has 0 aliphatic carbocycles. The van der Waals surface area contributed by atoms with E-state index in [0.29, 0.717) is 0 Å². The van der Waals surface area contributed by atoms with Crippen LogP contribution in [-0.2, 0) is 0 Å². The van der Waals surface area contributed by atoms with Gasteiger partial charge in [0.1, 0.15) is 0 Å². The van der Waals surface area contributed by atoms with Gasteiger partial charge in [-0.1, -0.05) is 62.8 Å². The van der Waals surface area contributed by atoms with E-state index in [-0.39, 0.29) is 0 Å². The second kappa shape index (κ2) is 17.8. The lowest BCUT2D eigenvalue weighted by molar-refractivity contribution is 0.514. The van der Waals surface area contributed by atoms with Gasteiger partial charge in [0.05, 0.1) is 0 Å². The Morgan fingerprint density at radius 1 is 1.04 bits per heavy atom. The Morgan fingerprint density at radius 2 is 1.62 bits per heavy atom. The molecule has 0 aliphatic rings. The predicted octanol–water partition coefficient (Wildman–Crippen LogP) is 5.63. The first-order valence-electron chi connectivity index (χ1n) is 9.56. The second-order valence-electron chi connectivity index (χ2n) is 5.96. The van der Waals surface area contributed by atoms with Crippen LogP contribution in [0.25, 0.3) is 0 Å². The second-order valence-corrected chi connectivity index (χ2v) is 5.96. The standard InChI is InChI=1S/C11H18N2.C10H17N.C2H6/c1-3-12-8-9-13-11-6-4-10(2)5-7-11;1-6-9(2)7-8-10(3)11(4)5;1-2/h4-7,12-13H,3,8-9H2,1-2H3;6-8H,1H2,2-5H3;1-2H3/b;9-7-,10-8+;. The number of allylic oxidation sites excluding steroid dienone is 5. The van der Waals surface area contributed by atoms with Gasteiger partial charge in [0.2, 0.25) is 0 Å². The third-order valence-electron chi connectivity index (χ3n) is 3.55. The number of anilines is 1. The number of nitrogens with one attached hydrogen (secondary N) is 2. The average molecular weight is 360 g/mol. The van der Waals surface area contributed by atoms with Gasteiger partial charge in [-0.25, -0.2) is 0 Å². The fourth-order valence-electron chi connectivity index (χ4n) is 1.61. The first-order chi connectivity index (χ1) is 12.4. The summed E-state index contributed by atoms with van der Waals surface area (Å²) < 4.78 is 0. The van der Waals surface area contributed by atoms with Gasteiger partial charge in [0.15, 0.2) is 0 Å². The van der Waals surface area contributed by atoms with Gasteiger partial charge in [-0.15, -0.1) is 0 Å². The number of aryl methyl sites for hydroxylation is 1. The Bertz CT molecular complexity index is 511. The van der Waals surface area contributed by atoms with Crippen LogP contribution in [0.4, 0.5) is 5.69 Å². The van der Waals surface area contributed by atoms with Crippen LogP contribution in [0.5, 0.6) is 0 Å². The molecule has 0 heterocycles. The summed E-state index contributed by atoms with van der Waals surface area (Å²) in [5.41, 5.74) is 4.93. The van der Waals surface area contributed by atoms with E-state index in [4.69, 9.17) is 0 Å². The summed E-state index contributed by atoms with van der Waals surface area (Å²) in [6.45, 7) is 19.0. The summed E-state index contributed by atoms with van der Waals surface area (Å²) in [5.74, 6) is 0. The molecule has 3 heteroatoms. The lowest BCUT2D eigenvalue weighted by Gasteiger charge is -2.11. The molecule has 0 amide bonds. The van der Waals surface area contributed by atoms with Crippen molar-refractivity contribution in [3.8, 4) is 0 Å². The minimum atomic E-state index is 0.983. The molecule has 1 aromatic rings. The highest BCUT2D eigenvalue weighted by molar-refractivity contribution is 5.44. The predicted molar refractivity (Wildman–Crippen MR) is 121 cm³/mol. The zero-order chi connectivity index (χ0) is 20.4. The molecule has 0 fully saturated rings. The van der Waals surface area contributed by atoms with Crippen molar-refractivity contribution in [2.24, 2.45) is 0 Å². The van der Waals surface area contributed by atoms with Crippen molar-refractivity contribution in [3.05, 3.63) is 65.9 Å². The maximum atomic E-state index is 3.67. The van der Waals surface area contributed by atoms with Gasteiger partial charge in [-0.05, 0) is 45.5 Å². The Labute approximate surface area is 162 Å². The maximum absolute atomic E-state index is 3.67. The van der Waals surface area contributed by atoms with Gasteiger partial charge in [-0.3, -0.25) is 0 Å². The molecule has 0 unspecified atom stereocenters. The monoisotopic (exact) mass is 359 g/mol. The molecular formula is C23H41N3. The Morgan fingerprint density at radius 3 is 2.08 bits per heavy atom. The molecular weight excluding hydrogens is 318 g/mol. The molecule has 2 N–H and O–H groups in total. The van der Waals surface area contributed by atoms with Gasteiger partial charge >= 0.3 is 0 Å². The van der Waals surface area contributed by atoms with Gasteiger partial charge < -0.3 is 15.5 Å². The molecule has 0 radical (unpaired) electrons. The van der Waals surface area contributed by atoms with E-state index in [9.17, 15) is 0 Å². The van der Waals surface area contributed by atoms with E-state index in [0.717, 1.165) is 19.6 Å². The molecule has 0 aromatic heterocycles. The number of likely N-dealkylation sites (N-methyl/N-ethyl adjacent to an activating group) is 1. The molecule has 0 bridgehead atoms. The number of benzene rings is 1. The summed E-state index contributed by atoms with van der Waals surface area (Å²) in [4.78, 5) is 2.08. The zero-order valence-electron chi connectivity index (χ0n) is 18.3. The first kappa shape index (κ1) is 26.2. The van der Waals surface area contributed by atoms with Crippen LogP contribution in [0.1, 0.15) is 40.2 Å². The van der Waals surface area contributed by atoms with Crippen LogP contribution in [-0.4, -0.2) is 38.6 Å². The van der Waals surface area contributed by atoms with Crippen molar-refractivity contribution >= 4 is 5.69 Å². The van der Waals surface area contributed by atoms with Crippen LogP contribution >= 0.6 is 0 Å². The average Bonchev–Trinajstić information content (AvgIpc) is 2.66. The van der Waals surface area contributed by atoms with Crippen LogP contribution in [0, 0.1) is 6.92 Å². The third kappa shape index (κ3) is 15.5. The fourth-order valence-corrected chi connectivity index (χ4v) is 1.61. The van der Waals surface area contributed by atoms with E-state index >= 15 is 0 Å². The highest BCUT2D eigenvalue weighted by Gasteiger charge is 1.89. The minimum absolute atomic E-state index is 0.983. The highest BCUT2D eigenvalue weighted by atomic mass is 15.1. The van der Waals surface area contributed by atoms with Gasteiger partial charge in [-0.2, -0.15) is 0 Å². The molecule has 3 nitrogen and oxygen atoms in total. The molecule has 26 heavy (non-hydrogen) atoms. The van der Waals surface area contributed by atoms with E-state index in [1.807, 2.05) is 40.9 Å². The maximum Gasteiger partial charge on any atom is 0.0340 e. The van der Waals surface area contributed by atoms with Gasteiger partial charge in [0.25, 0.3) is 0 Å². The smallest absolute Gasteiger partial charge is 0.0340 e. The normalized spacial score (nSPS) is 10.8.